The quantitative estimate of drug-likeness (QED) is 0.866. The fraction of sp³-hybridized carbons (Fsp3) is 0.500. The molecule has 0 radical (unpaired) electrons. The summed E-state index contributed by atoms with van der Waals surface area (Å²) in [6.45, 7) is 2.15. The van der Waals surface area contributed by atoms with Crippen molar-refractivity contribution in [3.05, 3.63) is 34.6 Å². The van der Waals surface area contributed by atoms with Gasteiger partial charge < -0.3 is 9.84 Å². The molecule has 4 heteroatoms. The summed E-state index contributed by atoms with van der Waals surface area (Å²) in [5, 5.41) is 10.1. The molecule has 2 nitrogen and oxygen atoms in total. The third-order valence-corrected chi connectivity index (χ3v) is 2.87. The fourth-order valence-corrected chi connectivity index (χ4v) is 1.70. The molecular formula is C12H16ClFO2. The zero-order valence-electron chi connectivity index (χ0n) is 9.46. The molecule has 0 saturated heterocycles. The highest BCUT2D eigenvalue weighted by Gasteiger charge is 2.22. The van der Waals surface area contributed by atoms with Crippen molar-refractivity contribution in [3.63, 3.8) is 0 Å². The molecular weight excluding hydrogens is 231 g/mol. The summed E-state index contributed by atoms with van der Waals surface area (Å²) in [4.78, 5) is 0. The van der Waals surface area contributed by atoms with Crippen molar-refractivity contribution in [2.24, 2.45) is 0 Å². The van der Waals surface area contributed by atoms with Gasteiger partial charge in [-0.3, -0.25) is 0 Å². The number of hydrogen-bond donors (Lipinski definition) is 1. The van der Waals surface area contributed by atoms with Crippen LogP contribution in [-0.4, -0.2) is 24.4 Å². The third kappa shape index (κ3) is 3.74. The van der Waals surface area contributed by atoms with Gasteiger partial charge in [-0.15, -0.1) is 0 Å². The lowest BCUT2D eigenvalue weighted by atomic mass is 9.93. The van der Waals surface area contributed by atoms with E-state index >= 15 is 0 Å². The summed E-state index contributed by atoms with van der Waals surface area (Å²) in [5.41, 5.74) is -0.323. The van der Waals surface area contributed by atoms with Gasteiger partial charge in [0.25, 0.3) is 0 Å². The van der Waals surface area contributed by atoms with Crippen LogP contribution >= 0.6 is 11.6 Å². The lowest BCUT2D eigenvalue weighted by molar-refractivity contribution is 0.0249. The van der Waals surface area contributed by atoms with Gasteiger partial charge >= 0.3 is 0 Å². The molecule has 90 valence electrons. The smallest absolute Gasteiger partial charge is 0.142 e. The first-order valence-electron chi connectivity index (χ1n) is 5.10. The Bertz CT molecular complexity index is 353. The second-order valence-corrected chi connectivity index (χ2v) is 4.51. The minimum atomic E-state index is -0.937. The van der Waals surface area contributed by atoms with Crippen molar-refractivity contribution in [2.45, 2.75) is 25.4 Å². The van der Waals surface area contributed by atoms with Crippen LogP contribution in [0.25, 0.3) is 0 Å². The zero-order chi connectivity index (χ0) is 12.2. The normalized spacial score (nSPS) is 14.8. The summed E-state index contributed by atoms with van der Waals surface area (Å²) in [5.74, 6) is -0.457. The molecule has 1 aromatic rings. The lowest BCUT2D eigenvalue weighted by Gasteiger charge is -2.23. The first-order chi connectivity index (χ1) is 7.46. The van der Waals surface area contributed by atoms with E-state index in [0.717, 1.165) is 0 Å². The maximum Gasteiger partial charge on any atom is 0.142 e. The molecule has 0 fully saturated rings. The number of hydrogen-bond acceptors (Lipinski definition) is 2. The molecule has 0 aromatic heterocycles. The highest BCUT2D eigenvalue weighted by Crippen LogP contribution is 2.25. The molecule has 1 aromatic carbocycles. The topological polar surface area (TPSA) is 29.5 Å². The first-order valence-corrected chi connectivity index (χ1v) is 5.48. The second kappa shape index (κ2) is 5.62. The molecule has 16 heavy (non-hydrogen) atoms. The Morgan fingerprint density at radius 3 is 2.81 bits per heavy atom. The van der Waals surface area contributed by atoms with Crippen LogP contribution in [0.1, 0.15) is 18.9 Å². The Balaban J connectivity index is 2.75. The molecule has 1 atom stereocenters. The van der Waals surface area contributed by atoms with Gasteiger partial charge in [0.2, 0.25) is 0 Å². The van der Waals surface area contributed by atoms with Crippen molar-refractivity contribution in [1.82, 2.24) is 0 Å². The summed E-state index contributed by atoms with van der Waals surface area (Å²) in [6.07, 6.45) is 0.795. The molecule has 1 rings (SSSR count). The summed E-state index contributed by atoms with van der Waals surface area (Å²) >= 11 is 5.82. The minimum absolute atomic E-state index is 0.0835. The molecule has 0 aliphatic carbocycles. The Morgan fingerprint density at radius 2 is 2.19 bits per heavy atom. The van der Waals surface area contributed by atoms with Crippen LogP contribution in [0.5, 0.6) is 0 Å². The van der Waals surface area contributed by atoms with E-state index in [2.05, 4.69) is 0 Å². The molecule has 1 N–H and O–H groups in total. The van der Waals surface area contributed by atoms with Crippen LogP contribution in [0.2, 0.25) is 5.02 Å². The van der Waals surface area contributed by atoms with Crippen molar-refractivity contribution in [2.75, 3.05) is 13.7 Å². The van der Waals surface area contributed by atoms with Crippen molar-refractivity contribution >= 4 is 11.6 Å². The molecule has 0 aliphatic heterocycles. The van der Waals surface area contributed by atoms with Gasteiger partial charge in [0.05, 0.1) is 10.6 Å². The number of benzene rings is 1. The highest BCUT2D eigenvalue weighted by molar-refractivity contribution is 6.31. The molecule has 0 aliphatic rings. The molecule has 0 bridgehead atoms. The average molecular weight is 247 g/mol. The van der Waals surface area contributed by atoms with Crippen molar-refractivity contribution in [3.8, 4) is 0 Å². The van der Waals surface area contributed by atoms with E-state index in [1.54, 1.807) is 26.2 Å². The van der Waals surface area contributed by atoms with Crippen LogP contribution < -0.4 is 0 Å². The third-order valence-electron chi connectivity index (χ3n) is 2.45. The number of methoxy groups -OCH3 is 1. The fourth-order valence-electron chi connectivity index (χ4n) is 1.51. The van der Waals surface area contributed by atoms with Gasteiger partial charge in [-0.05, 0) is 25.0 Å². The predicted molar refractivity (Wildman–Crippen MR) is 62.2 cm³/mol. The van der Waals surface area contributed by atoms with Crippen molar-refractivity contribution < 1.29 is 14.2 Å². The van der Waals surface area contributed by atoms with E-state index in [9.17, 15) is 9.50 Å². The SMILES string of the molecule is COCCC(C)(O)Cc1cccc(F)c1Cl. The van der Waals surface area contributed by atoms with E-state index in [1.807, 2.05) is 0 Å². The van der Waals surface area contributed by atoms with Crippen LogP contribution in [-0.2, 0) is 11.2 Å². The highest BCUT2D eigenvalue weighted by atomic mass is 35.5. The predicted octanol–water partition coefficient (Wildman–Crippen LogP) is 2.81. The molecule has 0 saturated carbocycles. The standard InChI is InChI=1S/C12H16ClFO2/c1-12(15,6-7-16-2)8-9-4-3-5-10(14)11(9)13/h3-5,15H,6-8H2,1-2H3. The number of aliphatic hydroxyl groups is 1. The number of ether oxygens (including phenoxy) is 1. The average Bonchev–Trinajstić information content (AvgIpc) is 2.22. The molecule has 0 spiro atoms. The Kier molecular flexibility index (Phi) is 4.71. The van der Waals surface area contributed by atoms with Crippen LogP contribution in [0, 0.1) is 5.82 Å². The van der Waals surface area contributed by atoms with E-state index < -0.39 is 11.4 Å². The van der Waals surface area contributed by atoms with Gasteiger partial charge in [0.1, 0.15) is 5.82 Å². The van der Waals surface area contributed by atoms with E-state index in [0.29, 0.717) is 25.0 Å². The van der Waals surface area contributed by atoms with Gasteiger partial charge in [0.15, 0.2) is 0 Å². The lowest BCUT2D eigenvalue weighted by Crippen LogP contribution is -2.29. The van der Waals surface area contributed by atoms with Gasteiger partial charge in [0, 0.05) is 20.1 Å². The monoisotopic (exact) mass is 246 g/mol. The largest absolute Gasteiger partial charge is 0.390 e. The van der Waals surface area contributed by atoms with Crippen LogP contribution in [0.15, 0.2) is 18.2 Å². The van der Waals surface area contributed by atoms with E-state index in [-0.39, 0.29) is 5.02 Å². The van der Waals surface area contributed by atoms with E-state index in [4.69, 9.17) is 16.3 Å². The summed E-state index contributed by atoms with van der Waals surface area (Å²) < 4.78 is 18.1. The van der Waals surface area contributed by atoms with E-state index in [1.165, 1.54) is 6.07 Å². The maximum atomic E-state index is 13.2. The first kappa shape index (κ1) is 13.4. The Morgan fingerprint density at radius 1 is 1.50 bits per heavy atom. The van der Waals surface area contributed by atoms with Crippen LogP contribution in [0.3, 0.4) is 0 Å². The zero-order valence-corrected chi connectivity index (χ0v) is 10.2. The van der Waals surface area contributed by atoms with Gasteiger partial charge in [-0.2, -0.15) is 0 Å². The molecule has 0 heterocycles. The van der Waals surface area contributed by atoms with Gasteiger partial charge in [-0.25, -0.2) is 4.39 Å². The number of rotatable bonds is 5. The minimum Gasteiger partial charge on any atom is -0.390 e. The summed E-state index contributed by atoms with van der Waals surface area (Å²) in [7, 11) is 1.57. The number of halogens is 2. The Hall–Kier alpha value is -0.640. The second-order valence-electron chi connectivity index (χ2n) is 4.13. The van der Waals surface area contributed by atoms with Crippen LogP contribution in [0.4, 0.5) is 4.39 Å². The van der Waals surface area contributed by atoms with Crippen molar-refractivity contribution in [1.29, 1.82) is 0 Å². The molecule has 1 unspecified atom stereocenters. The Labute approximate surface area is 100.0 Å². The maximum absolute atomic E-state index is 13.2. The molecule has 0 amide bonds. The summed E-state index contributed by atoms with van der Waals surface area (Å²) in [6, 6.07) is 4.60. The van der Waals surface area contributed by atoms with Gasteiger partial charge in [-0.1, -0.05) is 23.7 Å².